The summed E-state index contributed by atoms with van der Waals surface area (Å²) in [6.07, 6.45) is 0.773. The largest absolute Gasteiger partial charge is 0.493 e. The molecule has 0 radical (unpaired) electrons. The number of nitrogens with zero attached hydrogens (tertiary/aromatic N) is 3. The Hall–Kier alpha value is -3.86. The molecule has 0 saturated carbocycles. The summed E-state index contributed by atoms with van der Waals surface area (Å²) in [4.78, 5) is 27.2. The number of carbonyl (C=O) groups excluding carboxylic acids is 2. The molecule has 2 bridgehead atoms. The van der Waals surface area contributed by atoms with Crippen molar-refractivity contribution < 1.29 is 28.2 Å². The Labute approximate surface area is 214 Å². The summed E-state index contributed by atoms with van der Waals surface area (Å²) in [7, 11) is 4.62. The van der Waals surface area contributed by atoms with Gasteiger partial charge >= 0.3 is 12.1 Å². The highest BCUT2D eigenvalue weighted by Gasteiger charge is 2.41. The number of likely N-dealkylation sites (tertiary alicyclic amines) is 1. The van der Waals surface area contributed by atoms with Gasteiger partial charge in [-0.2, -0.15) is 5.10 Å². The molecule has 3 heterocycles. The van der Waals surface area contributed by atoms with Crippen LogP contribution < -0.4 is 24.8 Å². The molecule has 0 aromatic heterocycles. The molecule has 2 fully saturated rings. The van der Waals surface area contributed by atoms with Crippen LogP contribution in [0.15, 0.2) is 35.4 Å². The molecule has 3 atom stereocenters. The second kappa shape index (κ2) is 9.89. The smallest absolute Gasteiger partial charge is 0.415 e. The van der Waals surface area contributed by atoms with E-state index >= 15 is 0 Å². The maximum absolute atomic E-state index is 14.8. The number of rotatable bonds is 4. The first-order chi connectivity index (χ1) is 17.8. The minimum absolute atomic E-state index is 0.0481. The van der Waals surface area contributed by atoms with E-state index in [1.807, 2.05) is 13.0 Å². The molecule has 2 aromatic carbocycles. The van der Waals surface area contributed by atoms with Gasteiger partial charge in [0.1, 0.15) is 0 Å². The molecule has 37 heavy (non-hydrogen) atoms. The van der Waals surface area contributed by atoms with Crippen molar-refractivity contribution in [2.75, 3.05) is 34.4 Å². The van der Waals surface area contributed by atoms with Crippen LogP contribution in [0.1, 0.15) is 30.0 Å². The lowest BCUT2D eigenvalue weighted by molar-refractivity contribution is 0.139. The first kappa shape index (κ1) is 24.8. The Bertz CT molecular complexity index is 1270. The fourth-order valence-corrected chi connectivity index (χ4v) is 5.21. The van der Waals surface area contributed by atoms with E-state index in [-0.39, 0.29) is 29.9 Å². The molecular weight excluding hydrogens is 481 g/mol. The van der Waals surface area contributed by atoms with Crippen molar-refractivity contribution in [3.63, 3.8) is 0 Å². The number of hydrazone groups is 1. The summed E-state index contributed by atoms with van der Waals surface area (Å²) < 4.78 is 31.4. The molecule has 0 spiro atoms. The number of nitrogens with one attached hydrogen (secondary N) is 2. The molecule has 196 valence electrons. The standard InChI is InChI=1S/C26H30FN5O5/c1-14-7-16-9-22(35-3)23(36-4)11-19(16)24(30-32(14)25(33)28-2)15-5-6-20(27)21(8-15)37-26(34)31-13-17-10-18(31)12-29-17/h5-6,8-9,11,14,17-18,29H,7,10,12-13H2,1-4H3,(H,28,33). The van der Waals surface area contributed by atoms with E-state index in [0.717, 1.165) is 12.0 Å². The SMILES string of the molecule is CNC(=O)N1N=C(c2ccc(F)c(OC(=O)N3CC4CC3CN4)c2)c2cc(OC)c(OC)cc2CC1C. The lowest BCUT2D eigenvalue weighted by Gasteiger charge is -2.26. The topological polar surface area (TPSA) is 105 Å². The summed E-state index contributed by atoms with van der Waals surface area (Å²) >= 11 is 0. The number of ether oxygens (including phenoxy) is 3. The Balaban J connectivity index is 1.56. The molecular formula is C26H30FN5O5. The number of fused-ring (bicyclic) bond motifs is 3. The van der Waals surface area contributed by atoms with Gasteiger partial charge in [0.15, 0.2) is 23.1 Å². The van der Waals surface area contributed by atoms with E-state index in [2.05, 4.69) is 15.7 Å². The first-order valence-corrected chi connectivity index (χ1v) is 12.2. The van der Waals surface area contributed by atoms with E-state index in [9.17, 15) is 14.0 Å². The Kier molecular flexibility index (Phi) is 6.63. The summed E-state index contributed by atoms with van der Waals surface area (Å²) in [5, 5.41) is 12.0. The average molecular weight is 512 g/mol. The summed E-state index contributed by atoms with van der Waals surface area (Å²) in [5.74, 6) is 0.162. The van der Waals surface area contributed by atoms with E-state index in [0.29, 0.717) is 47.8 Å². The number of carbonyl (C=O) groups is 2. The van der Waals surface area contributed by atoms with Gasteiger partial charge in [0.05, 0.1) is 26.0 Å². The second-order valence-electron chi connectivity index (χ2n) is 9.43. The number of benzene rings is 2. The van der Waals surface area contributed by atoms with Crippen LogP contribution in [0.5, 0.6) is 17.2 Å². The normalized spacial score (nSPS) is 22.2. The van der Waals surface area contributed by atoms with E-state index in [4.69, 9.17) is 14.2 Å². The van der Waals surface area contributed by atoms with Gasteiger partial charge in [0, 0.05) is 43.3 Å². The van der Waals surface area contributed by atoms with E-state index < -0.39 is 11.9 Å². The molecule has 3 aliphatic heterocycles. The average Bonchev–Trinajstić information content (AvgIpc) is 3.51. The van der Waals surface area contributed by atoms with Crippen LogP contribution >= 0.6 is 0 Å². The van der Waals surface area contributed by atoms with E-state index in [1.54, 1.807) is 24.1 Å². The molecule has 2 aromatic rings. The molecule has 2 saturated heterocycles. The molecule has 11 heteroatoms. The second-order valence-corrected chi connectivity index (χ2v) is 9.43. The van der Waals surface area contributed by atoms with Gasteiger partial charge in [0.25, 0.3) is 0 Å². The van der Waals surface area contributed by atoms with Gasteiger partial charge in [-0.25, -0.2) is 19.0 Å². The third-order valence-corrected chi connectivity index (χ3v) is 7.12. The molecule has 10 nitrogen and oxygen atoms in total. The van der Waals surface area contributed by atoms with Crippen LogP contribution in [-0.4, -0.2) is 80.2 Å². The monoisotopic (exact) mass is 511 g/mol. The Morgan fingerprint density at radius 1 is 1.14 bits per heavy atom. The molecule has 3 amide bonds. The zero-order valence-electron chi connectivity index (χ0n) is 21.2. The zero-order valence-corrected chi connectivity index (χ0v) is 21.2. The maximum Gasteiger partial charge on any atom is 0.415 e. The summed E-state index contributed by atoms with van der Waals surface area (Å²) in [5.41, 5.74) is 2.46. The number of urea groups is 1. The van der Waals surface area contributed by atoms with Crippen molar-refractivity contribution in [2.45, 2.75) is 37.9 Å². The predicted octanol–water partition coefficient (Wildman–Crippen LogP) is 2.73. The number of methoxy groups -OCH3 is 2. The lowest BCUT2D eigenvalue weighted by Crippen LogP contribution is -2.47. The van der Waals surface area contributed by atoms with Crippen molar-refractivity contribution in [1.82, 2.24) is 20.5 Å². The molecule has 3 unspecified atom stereocenters. The van der Waals surface area contributed by atoms with Crippen LogP contribution in [0.2, 0.25) is 0 Å². The Morgan fingerprint density at radius 3 is 2.54 bits per heavy atom. The number of halogens is 1. The Morgan fingerprint density at radius 2 is 1.89 bits per heavy atom. The highest BCUT2D eigenvalue weighted by atomic mass is 19.1. The molecule has 0 aliphatic carbocycles. The van der Waals surface area contributed by atoms with Crippen LogP contribution in [0.4, 0.5) is 14.0 Å². The highest BCUT2D eigenvalue weighted by Crippen LogP contribution is 2.35. The van der Waals surface area contributed by atoms with Gasteiger partial charge in [-0.1, -0.05) is 0 Å². The zero-order chi connectivity index (χ0) is 26.3. The first-order valence-electron chi connectivity index (χ1n) is 12.2. The third kappa shape index (κ3) is 4.55. The van der Waals surface area contributed by atoms with Crippen LogP contribution in [0, 0.1) is 5.82 Å². The fraction of sp³-hybridized carbons (Fsp3) is 0.423. The van der Waals surface area contributed by atoms with Crippen LogP contribution in [0.25, 0.3) is 0 Å². The molecule has 3 aliphatic rings. The van der Waals surface area contributed by atoms with Gasteiger partial charge in [-0.15, -0.1) is 0 Å². The van der Waals surface area contributed by atoms with E-state index in [1.165, 1.54) is 31.3 Å². The van der Waals surface area contributed by atoms with Gasteiger partial charge < -0.3 is 29.7 Å². The predicted molar refractivity (Wildman–Crippen MR) is 134 cm³/mol. The molecule has 2 N–H and O–H groups in total. The van der Waals surface area contributed by atoms with Gasteiger partial charge in [-0.05, 0) is 55.7 Å². The van der Waals surface area contributed by atoms with Crippen LogP contribution in [0.3, 0.4) is 0 Å². The maximum atomic E-state index is 14.8. The van der Waals surface area contributed by atoms with Gasteiger partial charge in [0.2, 0.25) is 0 Å². The third-order valence-electron chi connectivity index (χ3n) is 7.12. The van der Waals surface area contributed by atoms with Crippen molar-refractivity contribution in [3.8, 4) is 17.2 Å². The van der Waals surface area contributed by atoms with Crippen molar-refractivity contribution in [1.29, 1.82) is 0 Å². The highest BCUT2D eigenvalue weighted by molar-refractivity contribution is 6.14. The minimum Gasteiger partial charge on any atom is -0.493 e. The minimum atomic E-state index is -0.669. The summed E-state index contributed by atoms with van der Waals surface area (Å²) in [6.45, 7) is 3.12. The van der Waals surface area contributed by atoms with Gasteiger partial charge in [-0.3, -0.25) is 0 Å². The van der Waals surface area contributed by atoms with Crippen LogP contribution in [-0.2, 0) is 6.42 Å². The van der Waals surface area contributed by atoms with Crippen molar-refractivity contribution in [2.24, 2.45) is 5.10 Å². The lowest BCUT2D eigenvalue weighted by atomic mass is 9.94. The summed E-state index contributed by atoms with van der Waals surface area (Å²) in [6, 6.07) is 7.49. The number of hydrogen-bond donors (Lipinski definition) is 2. The quantitative estimate of drug-likeness (QED) is 0.654. The fourth-order valence-electron chi connectivity index (χ4n) is 5.21. The van der Waals surface area contributed by atoms with Crippen molar-refractivity contribution in [3.05, 3.63) is 52.8 Å². The number of piperazine rings is 1. The number of hydrogen-bond acceptors (Lipinski definition) is 7. The van der Waals surface area contributed by atoms with Crippen molar-refractivity contribution >= 4 is 17.8 Å². The number of amides is 3. The molecule has 5 rings (SSSR count).